The Labute approximate surface area is 155 Å². The van der Waals surface area contributed by atoms with Crippen molar-refractivity contribution in [2.75, 3.05) is 13.1 Å². The molecule has 0 atom stereocenters. The first-order chi connectivity index (χ1) is 12.5. The first kappa shape index (κ1) is 17.1. The molecule has 2 aromatic heterocycles. The Morgan fingerprint density at radius 1 is 1.12 bits per heavy atom. The zero-order valence-corrected chi connectivity index (χ0v) is 15.8. The summed E-state index contributed by atoms with van der Waals surface area (Å²) in [6.45, 7) is 2.54. The van der Waals surface area contributed by atoms with Crippen molar-refractivity contribution in [3.05, 3.63) is 60.0 Å². The van der Waals surface area contributed by atoms with E-state index in [-0.39, 0.29) is 0 Å². The van der Waals surface area contributed by atoms with Gasteiger partial charge in [-0.25, -0.2) is 8.42 Å². The second kappa shape index (κ2) is 6.79. The Bertz CT molecular complexity index is 1050. The highest BCUT2D eigenvalue weighted by Gasteiger charge is 2.28. The van der Waals surface area contributed by atoms with Crippen LogP contribution in [0.25, 0.3) is 16.3 Å². The van der Waals surface area contributed by atoms with Crippen LogP contribution in [0.4, 0.5) is 0 Å². The molecule has 4 rings (SSSR count). The van der Waals surface area contributed by atoms with E-state index in [1.807, 2.05) is 36.4 Å². The van der Waals surface area contributed by atoms with Crippen LogP contribution in [-0.4, -0.2) is 36.0 Å². The van der Waals surface area contributed by atoms with Crippen molar-refractivity contribution < 1.29 is 12.8 Å². The second-order valence-corrected chi connectivity index (χ2v) is 9.20. The molecule has 6 nitrogen and oxygen atoms in total. The van der Waals surface area contributed by atoms with Gasteiger partial charge in [-0.1, -0.05) is 36.4 Å². The maximum Gasteiger partial charge on any atom is 0.257 e. The minimum Gasteiger partial charge on any atom is -0.420 e. The molecule has 0 radical (unpaired) electrons. The second-order valence-electron chi connectivity index (χ2n) is 5.95. The standard InChI is InChI=1S/C18H17N3O3S2/c1-13-19-20-18(24-13)16-7-8-17(25-16)26(22,23)21-11-9-15(10-12-21)14-5-3-2-4-6-14/h2-9H,10-12H2,1H3. The summed E-state index contributed by atoms with van der Waals surface area (Å²) in [6, 6.07) is 13.4. The summed E-state index contributed by atoms with van der Waals surface area (Å²) in [4.78, 5) is 0.654. The van der Waals surface area contributed by atoms with E-state index in [0.29, 0.717) is 40.4 Å². The maximum absolute atomic E-state index is 12.9. The van der Waals surface area contributed by atoms with Crippen molar-refractivity contribution in [1.82, 2.24) is 14.5 Å². The average Bonchev–Trinajstić information content (AvgIpc) is 3.32. The molecule has 0 saturated carbocycles. The van der Waals surface area contributed by atoms with Gasteiger partial charge in [0.15, 0.2) is 0 Å². The van der Waals surface area contributed by atoms with Gasteiger partial charge < -0.3 is 4.42 Å². The van der Waals surface area contributed by atoms with Crippen molar-refractivity contribution in [2.45, 2.75) is 17.6 Å². The van der Waals surface area contributed by atoms with Gasteiger partial charge in [0.25, 0.3) is 15.9 Å². The first-order valence-corrected chi connectivity index (χ1v) is 10.4. The van der Waals surface area contributed by atoms with Crippen LogP contribution in [0.5, 0.6) is 0 Å². The van der Waals surface area contributed by atoms with E-state index in [2.05, 4.69) is 10.2 Å². The highest BCUT2D eigenvalue weighted by Crippen LogP contribution is 2.33. The number of hydrogen-bond acceptors (Lipinski definition) is 6. The van der Waals surface area contributed by atoms with Gasteiger partial charge in [-0.3, -0.25) is 0 Å². The molecular weight excluding hydrogens is 370 g/mol. The number of aromatic nitrogens is 2. The lowest BCUT2D eigenvalue weighted by atomic mass is 10.0. The fraction of sp³-hybridized carbons (Fsp3) is 0.222. The van der Waals surface area contributed by atoms with Crippen LogP contribution in [-0.2, 0) is 10.0 Å². The Balaban J connectivity index is 1.55. The molecule has 0 amide bonds. The zero-order valence-electron chi connectivity index (χ0n) is 14.1. The van der Waals surface area contributed by atoms with E-state index < -0.39 is 10.0 Å². The minimum absolute atomic E-state index is 0.292. The van der Waals surface area contributed by atoms with E-state index in [9.17, 15) is 8.42 Å². The fourth-order valence-corrected chi connectivity index (χ4v) is 5.64. The van der Waals surface area contributed by atoms with E-state index in [1.54, 1.807) is 19.1 Å². The minimum atomic E-state index is -3.53. The molecule has 134 valence electrons. The van der Waals surface area contributed by atoms with E-state index in [0.717, 1.165) is 16.9 Å². The average molecular weight is 387 g/mol. The molecular formula is C18H17N3O3S2. The lowest BCUT2D eigenvalue weighted by Crippen LogP contribution is -2.34. The predicted molar refractivity (Wildman–Crippen MR) is 100 cm³/mol. The molecule has 1 aromatic carbocycles. The molecule has 0 aliphatic carbocycles. The van der Waals surface area contributed by atoms with Crippen molar-refractivity contribution in [1.29, 1.82) is 0 Å². The number of aryl methyl sites for hydroxylation is 1. The van der Waals surface area contributed by atoms with E-state index >= 15 is 0 Å². The smallest absolute Gasteiger partial charge is 0.257 e. The molecule has 0 bridgehead atoms. The van der Waals surface area contributed by atoms with Gasteiger partial charge >= 0.3 is 0 Å². The molecule has 26 heavy (non-hydrogen) atoms. The third kappa shape index (κ3) is 3.23. The van der Waals surface area contributed by atoms with Gasteiger partial charge in [0.05, 0.1) is 4.88 Å². The van der Waals surface area contributed by atoms with Gasteiger partial charge in [-0.2, -0.15) is 4.31 Å². The van der Waals surface area contributed by atoms with Crippen molar-refractivity contribution in [3.8, 4) is 10.8 Å². The van der Waals surface area contributed by atoms with Crippen LogP contribution >= 0.6 is 11.3 Å². The number of sulfonamides is 1. The number of rotatable bonds is 4. The van der Waals surface area contributed by atoms with Crippen molar-refractivity contribution >= 4 is 26.9 Å². The predicted octanol–water partition coefficient (Wildman–Crippen LogP) is 3.58. The Kier molecular flexibility index (Phi) is 4.47. The third-order valence-corrected chi connectivity index (χ3v) is 7.63. The van der Waals surface area contributed by atoms with Gasteiger partial charge in [0, 0.05) is 20.0 Å². The monoisotopic (exact) mass is 387 g/mol. The van der Waals surface area contributed by atoms with Crippen molar-refractivity contribution in [3.63, 3.8) is 0 Å². The molecule has 3 aromatic rings. The van der Waals surface area contributed by atoms with Gasteiger partial charge in [-0.15, -0.1) is 21.5 Å². The van der Waals surface area contributed by atoms with Gasteiger partial charge in [0.1, 0.15) is 4.21 Å². The summed E-state index contributed by atoms with van der Waals surface area (Å²) in [7, 11) is -3.53. The Morgan fingerprint density at radius 2 is 1.92 bits per heavy atom. The normalized spacial score (nSPS) is 15.8. The summed E-state index contributed by atoms with van der Waals surface area (Å²) in [5.41, 5.74) is 2.33. The molecule has 8 heteroatoms. The quantitative estimate of drug-likeness (QED) is 0.684. The molecule has 0 spiro atoms. The largest absolute Gasteiger partial charge is 0.420 e. The molecule has 0 fully saturated rings. The molecule has 1 aliphatic heterocycles. The summed E-state index contributed by atoms with van der Waals surface area (Å²) < 4.78 is 33.0. The molecule has 0 N–H and O–H groups in total. The Morgan fingerprint density at radius 3 is 2.58 bits per heavy atom. The fourth-order valence-electron chi connectivity index (χ4n) is 2.88. The first-order valence-electron chi connectivity index (χ1n) is 8.19. The van der Waals surface area contributed by atoms with Crippen LogP contribution in [0.15, 0.2) is 57.2 Å². The van der Waals surface area contributed by atoms with Gasteiger partial charge in [-0.05, 0) is 29.7 Å². The number of thiophene rings is 1. The highest BCUT2D eigenvalue weighted by atomic mass is 32.2. The van der Waals surface area contributed by atoms with Gasteiger partial charge in [0.2, 0.25) is 5.89 Å². The summed E-state index contributed by atoms with van der Waals surface area (Å²) >= 11 is 1.15. The summed E-state index contributed by atoms with van der Waals surface area (Å²) in [5.74, 6) is 0.797. The molecule has 0 saturated heterocycles. The number of nitrogens with zero attached hydrogens (tertiary/aromatic N) is 3. The van der Waals surface area contributed by atoms with Crippen LogP contribution < -0.4 is 0 Å². The van der Waals surface area contributed by atoms with Crippen LogP contribution in [0.3, 0.4) is 0 Å². The lowest BCUT2D eigenvalue weighted by molar-refractivity contribution is 0.442. The molecule has 0 unspecified atom stereocenters. The summed E-state index contributed by atoms with van der Waals surface area (Å²) in [5, 5.41) is 7.73. The maximum atomic E-state index is 12.9. The van der Waals surface area contributed by atoms with Crippen LogP contribution in [0.2, 0.25) is 0 Å². The zero-order chi connectivity index (χ0) is 18.1. The summed E-state index contributed by atoms with van der Waals surface area (Å²) in [6.07, 6.45) is 2.69. The van der Waals surface area contributed by atoms with E-state index in [4.69, 9.17) is 4.42 Å². The highest BCUT2D eigenvalue weighted by molar-refractivity contribution is 7.91. The SMILES string of the molecule is Cc1nnc(-c2ccc(S(=O)(=O)N3CC=C(c4ccccc4)CC3)s2)o1. The number of benzene rings is 1. The third-order valence-electron chi connectivity index (χ3n) is 4.23. The lowest BCUT2D eigenvalue weighted by Gasteiger charge is -2.25. The number of hydrogen-bond donors (Lipinski definition) is 0. The van der Waals surface area contributed by atoms with E-state index in [1.165, 1.54) is 9.88 Å². The van der Waals surface area contributed by atoms with Crippen LogP contribution in [0, 0.1) is 6.92 Å². The molecule has 1 aliphatic rings. The molecule has 3 heterocycles. The van der Waals surface area contributed by atoms with Crippen LogP contribution in [0.1, 0.15) is 17.9 Å². The van der Waals surface area contributed by atoms with Crippen molar-refractivity contribution in [2.24, 2.45) is 0 Å². The Hall–Kier alpha value is -2.29. The topological polar surface area (TPSA) is 76.3 Å².